The van der Waals surface area contributed by atoms with Crippen LogP contribution in [0.5, 0.6) is 5.75 Å². The maximum atomic E-state index is 12.6. The van der Waals surface area contributed by atoms with Crippen LogP contribution in [0.3, 0.4) is 0 Å². The van der Waals surface area contributed by atoms with E-state index in [4.69, 9.17) is 4.74 Å². The molecule has 0 aromatic heterocycles. The van der Waals surface area contributed by atoms with Gasteiger partial charge in [0, 0.05) is 13.6 Å². The van der Waals surface area contributed by atoms with Crippen molar-refractivity contribution in [2.24, 2.45) is 0 Å². The minimum atomic E-state index is -3.70. The summed E-state index contributed by atoms with van der Waals surface area (Å²) >= 11 is 0. The average Bonchev–Trinajstić information content (AvgIpc) is 2.69. The predicted octanol–water partition coefficient (Wildman–Crippen LogP) is 4.06. The normalized spacial score (nSPS) is 11.3. The lowest BCUT2D eigenvalue weighted by Crippen LogP contribution is -2.32. The molecule has 0 bridgehead atoms. The summed E-state index contributed by atoms with van der Waals surface area (Å²) in [6.45, 7) is 8.21. The van der Waals surface area contributed by atoms with Crippen molar-refractivity contribution in [1.29, 1.82) is 0 Å². The Kier molecular flexibility index (Phi) is 8.54. The minimum absolute atomic E-state index is 0.529. The van der Waals surface area contributed by atoms with E-state index in [1.54, 1.807) is 36.4 Å². The molecule has 2 aromatic rings. The number of rotatable bonds is 12. The van der Waals surface area contributed by atoms with Crippen LogP contribution in [0.4, 0.5) is 11.4 Å². The Labute approximate surface area is 175 Å². The molecular weight excluding hydrogens is 386 g/mol. The van der Waals surface area contributed by atoms with Gasteiger partial charge < -0.3 is 9.64 Å². The van der Waals surface area contributed by atoms with Crippen molar-refractivity contribution < 1.29 is 13.2 Å². The number of benzene rings is 2. The Hall–Kier alpha value is -2.51. The first-order chi connectivity index (χ1) is 13.8. The number of unbranched alkanes of at least 4 members (excludes halogenated alkanes) is 1. The van der Waals surface area contributed by atoms with Crippen molar-refractivity contribution in [3.05, 3.63) is 66.7 Å². The molecule has 0 aliphatic rings. The van der Waals surface area contributed by atoms with Gasteiger partial charge in [-0.2, -0.15) is 8.42 Å². The zero-order valence-electron chi connectivity index (χ0n) is 17.5. The van der Waals surface area contributed by atoms with E-state index < -0.39 is 10.2 Å². The van der Waals surface area contributed by atoms with Crippen LogP contribution in [0.15, 0.2) is 61.2 Å². The molecule has 0 aliphatic carbocycles. The summed E-state index contributed by atoms with van der Waals surface area (Å²) in [5.74, 6) is 0.727. The van der Waals surface area contributed by atoms with Gasteiger partial charge in [-0.3, -0.25) is 9.03 Å². The molecule has 2 rings (SSSR count). The standard InChI is InChI=1S/C22H31N3O3S/c1-5-16-24(3)17-6-7-18-28-22-14-12-21(13-15-22)25(4)29(26,27)23-20-10-8-19(2)9-11-20/h5,8-15,23H,1,6-7,16-18H2,2-4H3. The molecule has 0 aliphatic heterocycles. The van der Waals surface area contributed by atoms with Gasteiger partial charge in [0.05, 0.1) is 18.0 Å². The van der Waals surface area contributed by atoms with Crippen molar-refractivity contribution in [3.63, 3.8) is 0 Å². The summed E-state index contributed by atoms with van der Waals surface area (Å²) in [6.07, 6.45) is 3.90. The van der Waals surface area contributed by atoms with Gasteiger partial charge in [-0.15, -0.1) is 6.58 Å². The van der Waals surface area contributed by atoms with E-state index in [1.165, 1.54) is 11.4 Å². The summed E-state index contributed by atoms with van der Waals surface area (Å²) in [5.41, 5.74) is 2.16. The molecule has 0 saturated carbocycles. The molecule has 0 radical (unpaired) electrons. The number of nitrogens with zero attached hydrogens (tertiary/aromatic N) is 2. The molecule has 7 heteroatoms. The molecule has 0 amide bonds. The molecule has 0 unspecified atom stereocenters. The smallest absolute Gasteiger partial charge is 0.323 e. The largest absolute Gasteiger partial charge is 0.494 e. The lowest BCUT2D eigenvalue weighted by atomic mass is 10.2. The van der Waals surface area contributed by atoms with Gasteiger partial charge in [0.2, 0.25) is 0 Å². The zero-order valence-corrected chi connectivity index (χ0v) is 18.3. The molecule has 0 fully saturated rings. The van der Waals surface area contributed by atoms with Crippen LogP contribution in [-0.4, -0.2) is 47.1 Å². The topological polar surface area (TPSA) is 61.9 Å². The first-order valence-electron chi connectivity index (χ1n) is 9.67. The van der Waals surface area contributed by atoms with Crippen molar-refractivity contribution in [2.45, 2.75) is 19.8 Å². The zero-order chi connectivity index (χ0) is 21.3. The third kappa shape index (κ3) is 7.44. The predicted molar refractivity (Wildman–Crippen MR) is 121 cm³/mol. The van der Waals surface area contributed by atoms with Crippen LogP contribution in [0.1, 0.15) is 18.4 Å². The van der Waals surface area contributed by atoms with Gasteiger partial charge in [0.15, 0.2) is 0 Å². The van der Waals surface area contributed by atoms with E-state index in [2.05, 4.69) is 23.2 Å². The minimum Gasteiger partial charge on any atom is -0.494 e. The second kappa shape index (κ2) is 10.9. The fourth-order valence-electron chi connectivity index (χ4n) is 2.72. The van der Waals surface area contributed by atoms with Gasteiger partial charge >= 0.3 is 10.2 Å². The Morgan fingerprint density at radius 2 is 1.69 bits per heavy atom. The first kappa shape index (κ1) is 22.8. The molecular formula is C22H31N3O3S. The Morgan fingerprint density at radius 1 is 1.03 bits per heavy atom. The molecule has 0 spiro atoms. The maximum Gasteiger partial charge on any atom is 0.323 e. The molecule has 6 nitrogen and oxygen atoms in total. The van der Waals surface area contributed by atoms with Crippen LogP contribution >= 0.6 is 0 Å². The molecule has 1 N–H and O–H groups in total. The Morgan fingerprint density at radius 3 is 2.31 bits per heavy atom. The summed E-state index contributed by atoms with van der Waals surface area (Å²) < 4.78 is 34.7. The monoisotopic (exact) mass is 417 g/mol. The molecule has 158 valence electrons. The van der Waals surface area contributed by atoms with Gasteiger partial charge in [0.25, 0.3) is 0 Å². The quantitative estimate of drug-likeness (QED) is 0.418. The first-order valence-corrected chi connectivity index (χ1v) is 11.1. The van der Waals surface area contributed by atoms with E-state index >= 15 is 0 Å². The van der Waals surface area contributed by atoms with Gasteiger partial charge in [-0.25, -0.2) is 0 Å². The number of nitrogens with one attached hydrogen (secondary N) is 1. The van der Waals surface area contributed by atoms with E-state index in [1.807, 2.05) is 25.1 Å². The Bertz CT molecular complexity index is 865. The third-order valence-corrected chi connectivity index (χ3v) is 5.93. The number of ether oxygens (including phenoxy) is 1. The third-order valence-electron chi connectivity index (χ3n) is 4.50. The number of anilines is 2. The van der Waals surface area contributed by atoms with Crippen LogP contribution in [-0.2, 0) is 10.2 Å². The highest BCUT2D eigenvalue weighted by molar-refractivity contribution is 7.94. The highest BCUT2D eigenvalue weighted by Gasteiger charge is 2.18. The SMILES string of the molecule is C=CCN(C)CCCCOc1ccc(N(C)S(=O)(=O)Nc2ccc(C)cc2)cc1. The molecule has 0 atom stereocenters. The molecule has 0 saturated heterocycles. The van der Waals surface area contributed by atoms with Gasteiger partial charge in [-0.05, 0) is 69.8 Å². The highest BCUT2D eigenvalue weighted by Crippen LogP contribution is 2.22. The van der Waals surface area contributed by atoms with E-state index in [9.17, 15) is 8.42 Å². The second-order valence-corrected chi connectivity index (χ2v) is 8.74. The molecule has 2 aromatic carbocycles. The van der Waals surface area contributed by atoms with E-state index in [0.717, 1.165) is 37.2 Å². The number of hydrogen-bond donors (Lipinski definition) is 1. The Balaban J connectivity index is 1.85. The number of aryl methyl sites for hydroxylation is 1. The van der Waals surface area contributed by atoms with Crippen LogP contribution in [0.2, 0.25) is 0 Å². The van der Waals surface area contributed by atoms with Crippen LogP contribution in [0, 0.1) is 6.92 Å². The average molecular weight is 418 g/mol. The van der Waals surface area contributed by atoms with Crippen molar-refractivity contribution in [1.82, 2.24) is 4.90 Å². The summed E-state index contributed by atoms with van der Waals surface area (Å²) in [4.78, 5) is 2.21. The van der Waals surface area contributed by atoms with E-state index in [-0.39, 0.29) is 0 Å². The fraction of sp³-hybridized carbons (Fsp3) is 0.364. The fourth-order valence-corrected chi connectivity index (χ4v) is 3.69. The van der Waals surface area contributed by atoms with E-state index in [0.29, 0.717) is 18.0 Å². The number of hydrogen-bond acceptors (Lipinski definition) is 4. The van der Waals surface area contributed by atoms with Crippen LogP contribution in [0.25, 0.3) is 0 Å². The lowest BCUT2D eigenvalue weighted by Gasteiger charge is -2.20. The van der Waals surface area contributed by atoms with Crippen molar-refractivity contribution in [3.8, 4) is 5.75 Å². The summed E-state index contributed by atoms with van der Waals surface area (Å²) in [6, 6.07) is 14.3. The second-order valence-electron chi connectivity index (χ2n) is 7.04. The number of likely N-dealkylation sites (N-methyl/N-ethyl adjacent to an activating group) is 1. The molecule has 29 heavy (non-hydrogen) atoms. The van der Waals surface area contributed by atoms with Crippen molar-refractivity contribution in [2.75, 3.05) is 42.8 Å². The lowest BCUT2D eigenvalue weighted by molar-refractivity contribution is 0.287. The van der Waals surface area contributed by atoms with Gasteiger partial charge in [-0.1, -0.05) is 23.8 Å². The van der Waals surface area contributed by atoms with Gasteiger partial charge in [0.1, 0.15) is 5.75 Å². The van der Waals surface area contributed by atoms with Crippen molar-refractivity contribution >= 4 is 21.6 Å². The highest BCUT2D eigenvalue weighted by atomic mass is 32.2. The summed E-state index contributed by atoms with van der Waals surface area (Å²) in [7, 11) is -0.110. The maximum absolute atomic E-state index is 12.6. The molecule has 0 heterocycles. The van der Waals surface area contributed by atoms with Crippen LogP contribution < -0.4 is 13.8 Å². The summed E-state index contributed by atoms with van der Waals surface area (Å²) in [5, 5.41) is 0.